The summed E-state index contributed by atoms with van der Waals surface area (Å²) < 4.78 is 23.6. The Morgan fingerprint density at radius 3 is 1.34 bits per heavy atom. The monoisotopic (exact) mass is 936 g/mol. The summed E-state index contributed by atoms with van der Waals surface area (Å²) in [5.41, 5.74) is 0. The number of quaternary nitrogens is 1. The molecule has 65 heavy (non-hydrogen) atoms. The lowest BCUT2D eigenvalue weighted by molar-refractivity contribution is -0.870. The first kappa shape index (κ1) is 63.5. The van der Waals surface area contributed by atoms with E-state index in [1.807, 2.05) is 27.2 Å². The summed E-state index contributed by atoms with van der Waals surface area (Å²) in [6.07, 6.45) is 62.4. The second kappa shape index (κ2) is 47.5. The van der Waals surface area contributed by atoms with E-state index in [2.05, 4.69) is 55.6 Å². The fraction of sp³-hybridized carbons (Fsp3) is 0.839. The van der Waals surface area contributed by atoms with Crippen molar-refractivity contribution in [1.82, 2.24) is 5.32 Å². The predicted octanol–water partition coefficient (Wildman–Crippen LogP) is 16.4. The van der Waals surface area contributed by atoms with Crippen LogP contribution in [0.2, 0.25) is 0 Å². The first-order valence-electron chi connectivity index (χ1n) is 27.5. The summed E-state index contributed by atoms with van der Waals surface area (Å²) in [5, 5.41) is 13.8. The molecule has 0 saturated heterocycles. The molecule has 3 atom stereocenters. The van der Waals surface area contributed by atoms with Crippen LogP contribution in [0.5, 0.6) is 0 Å². The fourth-order valence-corrected chi connectivity index (χ4v) is 8.65. The molecule has 8 nitrogen and oxygen atoms in total. The Morgan fingerprint density at radius 1 is 0.523 bits per heavy atom. The van der Waals surface area contributed by atoms with E-state index in [0.29, 0.717) is 17.4 Å². The van der Waals surface area contributed by atoms with Gasteiger partial charge in [-0.15, -0.1) is 0 Å². The molecule has 3 unspecified atom stereocenters. The molecule has 0 aliphatic heterocycles. The van der Waals surface area contributed by atoms with Crippen molar-refractivity contribution in [3.63, 3.8) is 0 Å². The Hall–Kier alpha value is -1.54. The highest BCUT2D eigenvalue weighted by atomic mass is 31.2. The molecule has 9 heteroatoms. The lowest BCUT2D eigenvalue weighted by atomic mass is 10.0. The summed E-state index contributed by atoms with van der Waals surface area (Å²) in [7, 11) is 1.56. The van der Waals surface area contributed by atoms with Gasteiger partial charge in [-0.05, 0) is 64.2 Å². The van der Waals surface area contributed by atoms with Gasteiger partial charge in [0, 0.05) is 6.42 Å². The highest BCUT2D eigenvalue weighted by Crippen LogP contribution is 2.43. The fourth-order valence-electron chi connectivity index (χ4n) is 7.91. The number of hydrogen-bond donors (Lipinski definition) is 3. The van der Waals surface area contributed by atoms with Crippen LogP contribution < -0.4 is 5.32 Å². The zero-order valence-corrected chi connectivity index (χ0v) is 44.4. The average molecular weight is 936 g/mol. The number of carbonyl (C=O) groups excluding carboxylic acids is 1. The standard InChI is InChI=1S/C56H107N2O6P/c1-6-8-10-12-14-16-18-19-20-21-22-23-24-25-26-27-28-29-30-31-32-33-34-35-36-37-38-39-40-42-44-46-48-50-56(60)57-54(53-64-65(61,62)63-52-51-58(3,4)5)55(59)49-47-45-43-41-17-15-13-11-9-7-2/h17,22-23,25-26,41,47,49,54-55,59H,6-16,18-21,24,27-40,42-46,48,50-53H2,1-5H3,(H-,57,60,61,62)/p+1/b23-22-,26-25-,41-17+,49-47+. The first-order chi connectivity index (χ1) is 31.5. The molecule has 0 heterocycles. The van der Waals surface area contributed by atoms with E-state index >= 15 is 0 Å². The number of nitrogens with one attached hydrogen (secondary N) is 1. The SMILES string of the molecule is CCCCCC/C=C/CC/C=C/C(O)C(COP(=O)(O)OCC[N+](C)(C)C)NC(=O)CCCCCCCCCCCCCCCCCCC/C=C\C/C=C\CCCCCCCCCCC. The van der Waals surface area contributed by atoms with Crippen LogP contribution in [-0.2, 0) is 18.4 Å². The molecule has 0 bridgehead atoms. The Morgan fingerprint density at radius 2 is 0.892 bits per heavy atom. The van der Waals surface area contributed by atoms with Crippen LogP contribution in [0.15, 0.2) is 48.6 Å². The summed E-state index contributed by atoms with van der Waals surface area (Å²) >= 11 is 0. The van der Waals surface area contributed by atoms with Crippen LogP contribution in [0.4, 0.5) is 0 Å². The Bertz CT molecular complexity index is 1200. The van der Waals surface area contributed by atoms with Crippen LogP contribution in [0, 0.1) is 0 Å². The number of aliphatic hydroxyl groups excluding tert-OH is 1. The molecule has 1 amide bonds. The van der Waals surface area contributed by atoms with Crippen LogP contribution in [0.3, 0.4) is 0 Å². The number of amides is 1. The highest BCUT2D eigenvalue weighted by Gasteiger charge is 2.27. The van der Waals surface area contributed by atoms with Gasteiger partial charge >= 0.3 is 7.82 Å². The largest absolute Gasteiger partial charge is 0.472 e. The molecule has 0 saturated carbocycles. The van der Waals surface area contributed by atoms with Crippen LogP contribution in [0.25, 0.3) is 0 Å². The van der Waals surface area contributed by atoms with Crippen LogP contribution in [0.1, 0.15) is 251 Å². The number of hydrogen-bond acceptors (Lipinski definition) is 5. The van der Waals surface area contributed by atoms with Gasteiger partial charge in [-0.25, -0.2) is 4.57 Å². The topological polar surface area (TPSA) is 105 Å². The van der Waals surface area contributed by atoms with Gasteiger partial charge in [0.15, 0.2) is 0 Å². The maximum atomic E-state index is 12.9. The number of carbonyl (C=O) groups is 1. The number of phosphoric ester groups is 1. The summed E-state index contributed by atoms with van der Waals surface area (Å²) in [6, 6.07) is -0.861. The van der Waals surface area contributed by atoms with Crippen molar-refractivity contribution in [2.75, 3.05) is 40.9 Å². The third-order valence-electron chi connectivity index (χ3n) is 12.3. The Balaban J connectivity index is 3.97. The molecular weight excluding hydrogens is 828 g/mol. The van der Waals surface area contributed by atoms with Crippen molar-refractivity contribution >= 4 is 13.7 Å². The molecular formula is C56H108N2O6P+. The Labute approximate surface area is 403 Å². The molecule has 0 aliphatic rings. The summed E-state index contributed by atoms with van der Waals surface area (Å²) in [6.45, 7) is 4.76. The number of likely N-dealkylation sites (N-methyl/N-ethyl adjacent to an activating group) is 1. The molecule has 3 N–H and O–H groups in total. The zero-order valence-electron chi connectivity index (χ0n) is 43.5. The third kappa shape index (κ3) is 50.2. The second-order valence-corrected chi connectivity index (χ2v) is 21.4. The molecule has 0 radical (unpaired) electrons. The molecule has 0 aliphatic carbocycles. The van der Waals surface area contributed by atoms with Crippen LogP contribution >= 0.6 is 7.82 Å². The smallest absolute Gasteiger partial charge is 0.387 e. The van der Waals surface area contributed by atoms with Crippen molar-refractivity contribution < 1.29 is 32.9 Å². The van der Waals surface area contributed by atoms with Crippen molar-refractivity contribution in [2.45, 2.75) is 264 Å². The van der Waals surface area contributed by atoms with E-state index < -0.39 is 20.0 Å². The third-order valence-corrected chi connectivity index (χ3v) is 13.3. The lowest BCUT2D eigenvalue weighted by Crippen LogP contribution is -2.45. The molecule has 0 fully saturated rings. The van der Waals surface area contributed by atoms with Gasteiger partial charge in [-0.2, -0.15) is 0 Å². The second-order valence-electron chi connectivity index (χ2n) is 19.9. The lowest BCUT2D eigenvalue weighted by Gasteiger charge is -2.25. The molecule has 0 aromatic heterocycles. The van der Waals surface area contributed by atoms with E-state index in [0.717, 1.165) is 44.9 Å². The van der Waals surface area contributed by atoms with E-state index in [1.165, 1.54) is 186 Å². The number of allylic oxidation sites excluding steroid dienone is 7. The van der Waals surface area contributed by atoms with Crippen molar-refractivity contribution in [1.29, 1.82) is 0 Å². The van der Waals surface area contributed by atoms with Gasteiger partial charge in [-0.1, -0.05) is 229 Å². The maximum absolute atomic E-state index is 12.9. The highest BCUT2D eigenvalue weighted by molar-refractivity contribution is 7.47. The number of rotatable bonds is 50. The van der Waals surface area contributed by atoms with Crippen molar-refractivity contribution in [3.8, 4) is 0 Å². The van der Waals surface area contributed by atoms with Gasteiger partial charge in [-0.3, -0.25) is 13.8 Å². The van der Waals surface area contributed by atoms with Crippen molar-refractivity contribution in [3.05, 3.63) is 48.6 Å². The minimum absolute atomic E-state index is 0.0559. The maximum Gasteiger partial charge on any atom is 0.472 e. The number of unbranched alkanes of at least 4 members (excludes halogenated alkanes) is 31. The predicted molar refractivity (Wildman–Crippen MR) is 281 cm³/mol. The van der Waals surface area contributed by atoms with Gasteiger partial charge in [0.2, 0.25) is 5.91 Å². The molecule has 0 rings (SSSR count). The molecule has 382 valence electrons. The summed E-state index contributed by atoms with van der Waals surface area (Å²) in [4.78, 5) is 23.2. The van der Waals surface area contributed by atoms with Gasteiger partial charge < -0.3 is 19.8 Å². The van der Waals surface area contributed by atoms with Gasteiger partial charge in [0.1, 0.15) is 13.2 Å². The molecule has 0 aromatic rings. The minimum Gasteiger partial charge on any atom is -0.387 e. The van der Waals surface area contributed by atoms with E-state index in [1.54, 1.807) is 6.08 Å². The minimum atomic E-state index is -4.34. The van der Waals surface area contributed by atoms with E-state index in [9.17, 15) is 19.4 Å². The van der Waals surface area contributed by atoms with Gasteiger partial charge in [0.05, 0.1) is 39.9 Å². The number of aliphatic hydroxyl groups is 1. The number of nitrogens with zero attached hydrogens (tertiary/aromatic N) is 1. The normalized spacial score (nSPS) is 14.4. The zero-order chi connectivity index (χ0) is 47.8. The van der Waals surface area contributed by atoms with Crippen LogP contribution in [-0.4, -0.2) is 73.4 Å². The molecule has 0 spiro atoms. The van der Waals surface area contributed by atoms with E-state index in [4.69, 9.17) is 9.05 Å². The summed E-state index contributed by atoms with van der Waals surface area (Å²) in [5.74, 6) is -0.188. The average Bonchev–Trinajstić information content (AvgIpc) is 3.26. The van der Waals surface area contributed by atoms with E-state index in [-0.39, 0.29) is 19.1 Å². The van der Waals surface area contributed by atoms with Crippen molar-refractivity contribution in [2.24, 2.45) is 0 Å². The Kier molecular flexibility index (Phi) is 46.4. The quantitative estimate of drug-likeness (QED) is 0.0243. The number of phosphoric acid groups is 1. The molecule has 0 aromatic carbocycles. The first-order valence-corrected chi connectivity index (χ1v) is 29.0. The van der Waals surface area contributed by atoms with Gasteiger partial charge in [0.25, 0.3) is 0 Å².